The van der Waals surface area contributed by atoms with Gasteiger partial charge in [0.15, 0.2) is 0 Å². The van der Waals surface area contributed by atoms with Crippen molar-refractivity contribution in [2.45, 2.75) is 161 Å². The summed E-state index contributed by atoms with van der Waals surface area (Å²) in [7, 11) is 0. The fourth-order valence-corrected chi connectivity index (χ4v) is 11.6. The van der Waals surface area contributed by atoms with Crippen molar-refractivity contribution in [2.24, 2.45) is 34.5 Å². The highest BCUT2D eigenvalue weighted by molar-refractivity contribution is 5.70. The van der Waals surface area contributed by atoms with Gasteiger partial charge in [0.1, 0.15) is 12.2 Å². The lowest BCUT2D eigenvalue weighted by molar-refractivity contribution is -0.181. The lowest BCUT2D eigenvalue weighted by atomic mass is 9.44. The van der Waals surface area contributed by atoms with Crippen molar-refractivity contribution in [3.8, 4) is 0 Å². The number of hydrogen-bond donors (Lipinski definition) is 0. The van der Waals surface area contributed by atoms with Crippen LogP contribution < -0.4 is 0 Å². The van der Waals surface area contributed by atoms with Gasteiger partial charge in [0, 0.05) is 30.3 Å². The lowest BCUT2D eigenvalue weighted by Gasteiger charge is -2.62. The van der Waals surface area contributed by atoms with Gasteiger partial charge in [-0.25, -0.2) is 0 Å². The molecule has 0 aromatic heterocycles. The number of likely N-dealkylation sites (tertiary alicyclic amines) is 2. The van der Waals surface area contributed by atoms with E-state index in [4.69, 9.17) is 9.47 Å². The Labute approximate surface area is 262 Å². The Hall–Kier alpha value is -1.14. The second-order valence-corrected chi connectivity index (χ2v) is 16.1. The minimum Gasteiger partial charge on any atom is -0.461 e. The van der Waals surface area contributed by atoms with Crippen LogP contribution in [0.2, 0.25) is 0 Å². The average Bonchev–Trinajstić information content (AvgIpc) is 3.30. The van der Waals surface area contributed by atoms with Gasteiger partial charge >= 0.3 is 11.9 Å². The first-order chi connectivity index (χ1) is 20.8. The van der Waals surface area contributed by atoms with Gasteiger partial charge in [-0.1, -0.05) is 40.5 Å². The van der Waals surface area contributed by atoms with Crippen molar-refractivity contribution in [3.05, 3.63) is 0 Å². The summed E-state index contributed by atoms with van der Waals surface area (Å²) < 4.78 is 12.9. The first-order valence-electron chi connectivity index (χ1n) is 18.7. The van der Waals surface area contributed by atoms with E-state index in [9.17, 15) is 9.59 Å². The zero-order valence-corrected chi connectivity index (χ0v) is 28.0. The number of fused-ring (bicyclic) bond motifs is 5. The van der Waals surface area contributed by atoms with E-state index >= 15 is 0 Å². The van der Waals surface area contributed by atoms with Gasteiger partial charge in [-0.2, -0.15) is 0 Å². The molecule has 6 fully saturated rings. The van der Waals surface area contributed by atoms with Crippen LogP contribution in [0.4, 0.5) is 0 Å². The van der Waals surface area contributed by atoms with E-state index < -0.39 is 0 Å². The molecule has 0 N–H and O–H groups in total. The summed E-state index contributed by atoms with van der Waals surface area (Å²) in [6, 6.07) is 0.747. The molecule has 4 saturated carbocycles. The van der Waals surface area contributed by atoms with Crippen LogP contribution in [0.1, 0.15) is 137 Å². The minimum atomic E-state index is 0.0126. The van der Waals surface area contributed by atoms with Crippen molar-refractivity contribution < 1.29 is 19.1 Å². The topological polar surface area (TPSA) is 59.1 Å². The number of piperidine rings is 2. The van der Waals surface area contributed by atoms with Gasteiger partial charge in [-0.05, 0) is 139 Å². The van der Waals surface area contributed by atoms with E-state index in [-0.39, 0.29) is 35.0 Å². The van der Waals surface area contributed by atoms with Crippen LogP contribution in [0.15, 0.2) is 0 Å². The van der Waals surface area contributed by atoms with Crippen molar-refractivity contribution >= 4 is 11.9 Å². The van der Waals surface area contributed by atoms with E-state index in [0.717, 1.165) is 38.3 Å². The third kappa shape index (κ3) is 6.07. The summed E-state index contributed by atoms with van der Waals surface area (Å²) in [6.07, 6.45) is 19.1. The van der Waals surface area contributed by atoms with Gasteiger partial charge in [-0.15, -0.1) is 0 Å². The molecule has 2 heterocycles. The van der Waals surface area contributed by atoms with Crippen LogP contribution in [0.25, 0.3) is 0 Å². The van der Waals surface area contributed by atoms with Gasteiger partial charge in [0.05, 0.1) is 0 Å². The van der Waals surface area contributed by atoms with E-state index in [1.165, 1.54) is 90.1 Å². The Morgan fingerprint density at radius 1 is 0.698 bits per heavy atom. The summed E-state index contributed by atoms with van der Waals surface area (Å²) in [5.74, 6) is 2.73. The number of carbonyl (C=O) groups is 2. The van der Waals surface area contributed by atoms with Gasteiger partial charge in [-0.3, -0.25) is 19.4 Å². The number of hydrogen-bond acceptors (Lipinski definition) is 6. The molecule has 2 aliphatic heterocycles. The molecular formula is C37H62N2O4. The molecule has 0 aromatic carbocycles. The molecule has 0 unspecified atom stereocenters. The fourth-order valence-electron chi connectivity index (χ4n) is 11.6. The maximum Gasteiger partial charge on any atom is 0.306 e. The maximum absolute atomic E-state index is 13.0. The van der Waals surface area contributed by atoms with E-state index in [2.05, 4.69) is 37.5 Å². The molecule has 0 radical (unpaired) electrons. The minimum absolute atomic E-state index is 0.0126. The molecule has 2 saturated heterocycles. The van der Waals surface area contributed by atoms with E-state index in [0.29, 0.717) is 42.7 Å². The predicted molar refractivity (Wildman–Crippen MR) is 170 cm³/mol. The first kappa shape index (κ1) is 31.8. The molecule has 6 aliphatic rings. The molecular weight excluding hydrogens is 536 g/mol. The van der Waals surface area contributed by atoms with Gasteiger partial charge < -0.3 is 9.47 Å². The number of esters is 2. The van der Waals surface area contributed by atoms with E-state index in [1.807, 2.05) is 0 Å². The molecule has 4 aliphatic carbocycles. The highest BCUT2D eigenvalue weighted by Crippen LogP contribution is 2.67. The third-order valence-corrected chi connectivity index (χ3v) is 13.8. The molecule has 0 spiro atoms. The van der Waals surface area contributed by atoms with Crippen LogP contribution in [0.5, 0.6) is 0 Å². The van der Waals surface area contributed by atoms with Crippen LogP contribution >= 0.6 is 0 Å². The van der Waals surface area contributed by atoms with Crippen molar-refractivity contribution in [2.75, 3.05) is 26.2 Å². The van der Waals surface area contributed by atoms with Gasteiger partial charge in [0.25, 0.3) is 0 Å². The Balaban J connectivity index is 1.26. The van der Waals surface area contributed by atoms with Gasteiger partial charge in [0.2, 0.25) is 0 Å². The monoisotopic (exact) mass is 598 g/mol. The quantitative estimate of drug-likeness (QED) is 0.272. The SMILES string of the molecule is CCCC(=O)O[C@H]1C[C@@H]2CC[C@@H]3[C@H](CC[C@@]4(C)[C@H]3C[C@H](N3CCCCC3)[C@@H]4OC(=O)CCC)[C@@]2(C)C[C@@H]1N1CCCCC1. The molecule has 244 valence electrons. The van der Waals surface area contributed by atoms with Crippen LogP contribution in [-0.4, -0.2) is 72.2 Å². The zero-order chi connectivity index (χ0) is 30.2. The zero-order valence-electron chi connectivity index (χ0n) is 28.0. The van der Waals surface area contributed by atoms with Crippen LogP contribution in [0.3, 0.4) is 0 Å². The van der Waals surface area contributed by atoms with Crippen molar-refractivity contribution in [1.82, 2.24) is 9.80 Å². The maximum atomic E-state index is 13.0. The molecule has 0 amide bonds. The standard InChI is InChI=1S/C37H62N2O4/c1-5-13-33(40)42-32-23-26-15-16-27-28(37(26,4)25-31(32)39-21-11-8-12-22-39)17-18-36(3)29(27)24-30(38-19-9-7-10-20-38)35(36)43-34(41)14-6-2/h26-32,35H,5-25H2,1-4H3/t26-,27+,28-,29-,30-,31-,32-,35-,36-,37-/m0/s1. The number of carbonyl (C=O) groups excluding carboxylic acids is 2. The molecule has 0 bridgehead atoms. The Bertz CT molecular complexity index is 976. The smallest absolute Gasteiger partial charge is 0.306 e. The summed E-state index contributed by atoms with van der Waals surface area (Å²) in [5.41, 5.74) is 0.368. The number of ether oxygens (including phenoxy) is 2. The third-order valence-electron chi connectivity index (χ3n) is 13.8. The molecule has 6 heteroatoms. The predicted octanol–water partition coefficient (Wildman–Crippen LogP) is 7.38. The summed E-state index contributed by atoms with van der Waals surface area (Å²) >= 11 is 0. The first-order valence-corrected chi connectivity index (χ1v) is 18.7. The normalized spacial score (nSPS) is 43.7. The van der Waals surface area contributed by atoms with Crippen molar-refractivity contribution in [1.29, 1.82) is 0 Å². The second kappa shape index (κ2) is 13.3. The largest absolute Gasteiger partial charge is 0.461 e. The molecule has 43 heavy (non-hydrogen) atoms. The van der Waals surface area contributed by atoms with Crippen LogP contribution in [0, 0.1) is 34.5 Å². The summed E-state index contributed by atoms with van der Waals surface area (Å²) in [4.78, 5) is 31.3. The van der Waals surface area contributed by atoms with Crippen molar-refractivity contribution in [3.63, 3.8) is 0 Å². The lowest BCUT2D eigenvalue weighted by Crippen LogP contribution is -2.61. The van der Waals surface area contributed by atoms with Crippen LogP contribution in [-0.2, 0) is 19.1 Å². The summed E-state index contributed by atoms with van der Waals surface area (Å²) in [6.45, 7) is 14.0. The highest BCUT2D eigenvalue weighted by Gasteiger charge is 2.65. The number of nitrogens with zero attached hydrogens (tertiary/aromatic N) is 2. The van der Waals surface area contributed by atoms with E-state index in [1.54, 1.807) is 0 Å². The Morgan fingerprint density at radius 2 is 1.30 bits per heavy atom. The number of rotatable bonds is 8. The molecule has 6 nitrogen and oxygen atoms in total. The summed E-state index contributed by atoms with van der Waals surface area (Å²) in [5, 5.41) is 0. The Morgan fingerprint density at radius 3 is 1.93 bits per heavy atom. The average molecular weight is 599 g/mol. The molecule has 6 rings (SSSR count). The molecule has 0 aromatic rings. The highest BCUT2D eigenvalue weighted by atomic mass is 16.5. The molecule has 10 atom stereocenters. The Kier molecular flexibility index (Phi) is 9.85. The second-order valence-electron chi connectivity index (χ2n) is 16.1. The fraction of sp³-hybridized carbons (Fsp3) is 0.946.